The molecule has 0 spiro atoms. The van der Waals surface area contributed by atoms with Gasteiger partial charge in [-0.05, 0) is 23.8 Å². The normalized spacial score (nSPS) is 29.2. The molecule has 1 aliphatic heterocycles. The molecule has 23 heavy (non-hydrogen) atoms. The van der Waals surface area contributed by atoms with Crippen molar-refractivity contribution in [3.05, 3.63) is 48.0 Å². The van der Waals surface area contributed by atoms with Crippen LogP contribution in [0.25, 0.3) is 0 Å². The summed E-state index contributed by atoms with van der Waals surface area (Å²) in [4.78, 5) is 25.5. The largest absolute Gasteiger partial charge is 0.480 e. The summed E-state index contributed by atoms with van der Waals surface area (Å²) in [5.41, 5.74) is 0.888. The summed E-state index contributed by atoms with van der Waals surface area (Å²) < 4.78 is 5.34. The fourth-order valence-corrected chi connectivity index (χ4v) is 3.79. The maximum atomic E-state index is 12.4. The van der Waals surface area contributed by atoms with Crippen molar-refractivity contribution in [3.63, 3.8) is 0 Å². The van der Waals surface area contributed by atoms with Crippen LogP contribution >= 0.6 is 0 Å². The molecule has 5 heteroatoms. The predicted molar refractivity (Wildman–Crippen MR) is 84.7 cm³/mol. The highest BCUT2D eigenvalue weighted by Gasteiger charge is 2.50. The molecule has 2 aliphatic rings. The number of carbonyl (C=O) groups is 2. The summed E-state index contributed by atoms with van der Waals surface area (Å²) in [5, 5.41) is 9.60. The average Bonchev–Trinajstić information content (AvgIpc) is 2.95. The molecule has 1 saturated heterocycles. The Bertz CT molecular complexity index is 613. The number of likely N-dealkylation sites (tertiary alicyclic amines) is 1. The summed E-state index contributed by atoms with van der Waals surface area (Å²) in [6.07, 6.45) is 4.42. The van der Waals surface area contributed by atoms with Crippen LogP contribution < -0.4 is 0 Å². The van der Waals surface area contributed by atoms with E-state index >= 15 is 0 Å². The number of ether oxygens (including phenoxy) is 1. The molecule has 1 amide bonds. The molecule has 1 aromatic rings. The van der Waals surface area contributed by atoms with Gasteiger partial charge in [0.25, 0.3) is 0 Å². The summed E-state index contributed by atoms with van der Waals surface area (Å²) in [6, 6.07) is 8.59. The van der Waals surface area contributed by atoms with Gasteiger partial charge in [0.2, 0.25) is 0 Å². The zero-order valence-electron chi connectivity index (χ0n) is 13.1. The van der Waals surface area contributed by atoms with E-state index in [1.807, 2.05) is 37.3 Å². The number of nitrogens with zero attached hydrogens (tertiary/aromatic N) is 1. The molecule has 1 N–H and O–H groups in total. The van der Waals surface area contributed by atoms with E-state index in [9.17, 15) is 14.7 Å². The minimum Gasteiger partial charge on any atom is -0.480 e. The number of amides is 1. The van der Waals surface area contributed by atoms with E-state index < -0.39 is 18.1 Å². The van der Waals surface area contributed by atoms with Crippen molar-refractivity contribution in [3.8, 4) is 0 Å². The van der Waals surface area contributed by atoms with Crippen LogP contribution in [0, 0.1) is 17.8 Å². The van der Waals surface area contributed by atoms with E-state index in [4.69, 9.17) is 4.74 Å². The SMILES string of the molecule is C[C@@H]1C=CC[C@H]2CN(C(=O)OCc3ccccc3)[C@H](C(=O)O)[C@H]21. The quantitative estimate of drug-likeness (QED) is 0.871. The molecule has 122 valence electrons. The van der Waals surface area contributed by atoms with E-state index in [-0.39, 0.29) is 24.4 Å². The van der Waals surface area contributed by atoms with Gasteiger partial charge in [0.1, 0.15) is 12.6 Å². The second-order valence-electron chi connectivity index (χ2n) is 6.34. The van der Waals surface area contributed by atoms with Crippen LogP contribution in [0.15, 0.2) is 42.5 Å². The molecular weight excluding hydrogens is 294 g/mol. The summed E-state index contributed by atoms with van der Waals surface area (Å²) in [5.74, 6) is -0.639. The number of allylic oxidation sites excluding steroid dienone is 2. The minimum atomic E-state index is -0.948. The van der Waals surface area contributed by atoms with Crippen LogP contribution in [0.2, 0.25) is 0 Å². The third-order valence-electron chi connectivity index (χ3n) is 4.85. The number of benzene rings is 1. The van der Waals surface area contributed by atoms with Crippen molar-refractivity contribution >= 4 is 12.1 Å². The molecule has 1 aromatic carbocycles. The van der Waals surface area contributed by atoms with Gasteiger partial charge in [-0.3, -0.25) is 4.90 Å². The lowest BCUT2D eigenvalue weighted by Gasteiger charge is -2.29. The smallest absolute Gasteiger partial charge is 0.410 e. The van der Waals surface area contributed by atoms with Crippen LogP contribution in [-0.4, -0.2) is 34.7 Å². The second kappa shape index (κ2) is 6.44. The molecule has 1 aliphatic carbocycles. The first-order chi connectivity index (χ1) is 11.1. The van der Waals surface area contributed by atoms with E-state index in [1.54, 1.807) is 0 Å². The first kappa shape index (κ1) is 15.6. The van der Waals surface area contributed by atoms with Gasteiger partial charge in [-0.2, -0.15) is 0 Å². The fourth-order valence-electron chi connectivity index (χ4n) is 3.79. The zero-order valence-corrected chi connectivity index (χ0v) is 13.1. The third-order valence-corrected chi connectivity index (χ3v) is 4.85. The molecule has 0 aromatic heterocycles. The third kappa shape index (κ3) is 3.09. The van der Waals surface area contributed by atoms with E-state index in [0.717, 1.165) is 12.0 Å². The van der Waals surface area contributed by atoms with Crippen LogP contribution in [0.3, 0.4) is 0 Å². The predicted octanol–water partition coefficient (Wildman–Crippen LogP) is 2.92. The van der Waals surface area contributed by atoms with Gasteiger partial charge in [-0.15, -0.1) is 0 Å². The lowest BCUT2D eigenvalue weighted by molar-refractivity contribution is -0.143. The highest BCUT2D eigenvalue weighted by molar-refractivity contribution is 5.81. The molecule has 4 atom stereocenters. The number of rotatable bonds is 3. The number of carboxylic acids is 1. The Balaban J connectivity index is 1.71. The Morgan fingerprint density at radius 3 is 2.74 bits per heavy atom. The summed E-state index contributed by atoms with van der Waals surface area (Å²) in [6.45, 7) is 2.62. The first-order valence-electron chi connectivity index (χ1n) is 7.94. The Morgan fingerprint density at radius 1 is 1.30 bits per heavy atom. The first-order valence-corrected chi connectivity index (χ1v) is 7.94. The molecule has 0 bridgehead atoms. The minimum absolute atomic E-state index is 0.0400. The Hall–Kier alpha value is -2.30. The van der Waals surface area contributed by atoms with Crippen molar-refractivity contribution in [2.24, 2.45) is 17.8 Å². The number of aliphatic carboxylic acids is 1. The van der Waals surface area contributed by atoms with Crippen LogP contribution in [-0.2, 0) is 16.1 Å². The van der Waals surface area contributed by atoms with Gasteiger partial charge in [0.05, 0.1) is 0 Å². The number of hydrogen-bond acceptors (Lipinski definition) is 3. The molecule has 5 nitrogen and oxygen atoms in total. The summed E-state index contributed by atoms with van der Waals surface area (Å²) in [7, 11) is 0. The van der Waals surface area contributed by atoms with Crippen LogP contribution in [0.1, 0.15) is 18.9 Å². The lowest BCUT2D eigenvalue weighted by Crippen LogP contribution is -2.44. The molecule has 1 fully saturated rings. The van der Waals surface area contributed by atoms with E-state index in [2.05, 4.69) is 12.2 Å². The molecule has 0 saturated carbocycles. The average molecular weight is 315 g/mol. The fraction of sp³-hybridized carbons (Fsp3) is 0.444. The van der Waals surface area contributed by atoms with Crippen LogP contribution in [0.4, 0.5) is 4.79 Å². The molecule has 3 rings (SSSR count). The maximum absolute atomic E-state index is 12.4. The number of hydrogen-bond donors (Lipinski definition) is 1. The van der Waals surface area contributed by atoms with Crippen molar-refractivity contribution in [2.75, 3.05) is 6.54 Å². The standard InChI is InChI=1S/C18H21NO4/c1-12-6-5-9-14-10-19(16(15(12)14)17(20)21)18(22)23-11-13-7-3-2-4-8-13/h2-8,12,14-16H,9-11H2,1H3,(H,20,21)/t12-,14+,15+,16+/m1/s1. The van der Waals surface area contributed by atoms with Crippen molar-refractivity contribution in [1.82, 2.24) is 4.90 Å². The highest BCUT2D eigenvalue weighted by Crippen LogP contribution is 2.41. The Morgan fingerprint density at radius 2 is 2.04 bits per heavy atom. The van der Waals surface area contributed by atoms with E-state index in [1.165, 1.54) is 4.90 Å². The van der Waals surface area contributed by atoms with Gasteiger partial charge < -0.3 is 9.84 Å². The highest BCUT2D eigenvalue weighted by atomic mass is 16.6. The molecular formula is C18H21NO4. The second-order valence-corrected chi connectivity index (χ2v) is 6.34. The van der Waals surface area contributed by atoms with Gasteiger partial charge in [0.15, 0.2) is 0 Å². The van der Waals surface area contributed by atoms with Crippen molar-refractivity contribution < 1.29 is 19.4 Å². The van der Waals surface area contributed by atoms with Gasteiger partial charge in [-0.25, -0.2) is 9.59 Å². The van der Waals surface area contributed by atoms with Crippen molar-refractivity contribution in [1.29, 1.82) is 0 Å². The van der Waals surface area contributed by atoms with Crippen LogP contribution in [0.5, 0.6) is 0 Å². The Labute approximate surface area is 135 Å². The topological polar surface area (TPSA) is 66.8 Å². The Kier molecular flexibility index (Phi) is 4.37. The number of fused-ring (bicyclic) bond motifs is 1. The number of carbonyl (C=O) groups excluding carboxylic acids is 1. The van der Waals surface area contributed by atoms with Crippen molar-refractivity contribution in [2.45, 2.75) is 26.0 Å². The number of carboxylic acid groups (broad SMARTS) is 1. The molecule has 0 unspecified atom stereocenters. The molecule has 1 heterocycles. The molecule has 0 radical (unpaired) electrons. The summed E-state index contributed by atoms with van der Waals surface area (Å²) >= 11 is 0. The van der Waals surface area contributed by atoms with Gasteiger partial charge >= 0.3 is 12.1 Å². The maximum Gasteiger partial charge on any atom is 0.410 e. The monoisotopic (exact) mass is 315 g/mol. The van der Waals surface area contributed by atoms with E-state index in [0.29, 0.717) is 6.54 Å². The lowest BCUT2D eigenvalue weighted by atomic mass is 9.75. The van der Waals surface area contributed by atoms with Gasteiger partial charge in [0, 0.05) is 12.5 Å². The van der Waals surface area contributed by atoms with Gasteiger partial charge in [-0.1, -0.05) is 49.4 Å². The zero-order chi connectivity index (χ0) is 16.4.